The summed E-state index contributed by atoms with van der Waals surface area (Å²) < 4.78 is 38.4. The molecule has 1 aromatic heterocycles. The number of piperazine rings is 1. The van der Waals surface area contributed by atoms with E-state index in [1.165, 1.54) is 4.90 Å². The number of halogens is 4. The van der Waals surface area contributed by atoms with Gasteiger partial charge >= 0.3 is 12.2 Å². The number of nitrogens with zero attached hydrogens (tertiary/aromatic N) is 4. The van der Waals surface area contributed by atoms with Gasteiger partial charge in [-0.1, -0.05) is 11.6 Å². The second-order valence-electron chi connectivity index (χ2n) is 5.66. The maximum absolute atomic E-state index is 12.8. The molecule has 0 saturated carbocycles. The molecule has 0 unspecified atom stereocenters. The topological polar surface area (TPSA) is 61.4 Å². The van der Waals surface area contributed by atoms with Crippen molar-refractivity contribution in [1.82, 2.24) is 14.9 Å². The quantitative estimate of drug-likeness (QED) is 0.859. The summed E-state index contributed by atoms with van der Waals surface area (Å²) in [5.74, 6) is 0.716. The summed E-state index contributed by atoms with van der Waals surface area (Å²) in [4.78, 5) is 24.1. The van der Waals surface area contributed by atoms with Crippen molar-refractivity contribution in [2.24, 2.45) is 0 Å². The second kappa shape index (κ2) is 7.36. The lowest BCUT2D eigenvalue weighted by molar-refractivity contribution is -0.137. The molecule has 2 amide bonds. The molecule has 1 aliphatic heterocycles. The van der Waals surface area contributed by atoms with E-state index in [0.29, 0.717) is 32.0 Å². The maximum Gasteiger partial charge on any atom is 0.416 e. The van der Waals surface area contributed by atoms with E-state index in [1.54, 1.807) is 18.6 Å². The molecule has 2 heterocycles. The van der Waals surface area contributed by atoms with Gasteiger partial charge in [0, 0.05) is 38.6 Å². The minimum absolute atomic E-state index is 0.0459. The van der Waals surface area contributed by atoms with Gasteiger partial charge in [-0.3, -0.25) is 4.98 Å². The molecule has 6 nitrogen and oxygen atoms in total. The van der Waals surface area contributed by atoms with Gasteiger partial charge in [0.05, 0.1) is 22.5 Å². The molecule has 0 radical (unpaired) electrons. The molecule has 0 bridgehead atoms. The SMILES string of the molecule is O=C(Nc1cc(C(F)(F)F)ccc1Cl)N1CCN(c2cnccn2)CC1. The Bertz CT molecular complexity index is 779. The van der Waals surface area contributed by atoms with Gasteiger partial charge < -0.3 is 15.1 Å². The first-order valence-electron chi connectivity index (χ1n) is 7.78. The number of rotatable bonds is 2. The molecule has 10 heteroatoms. The average molecular weight is 386 g/mol. The van der Waals surface area contributed by atoms with Crippen molar-refractivity contribution in [3.63, 3.8) is 0 Å². The van der Waals surface area contributed by atoms with Gasteiger partial charge in [0.2, 0.25) is 0 Å². The zero-order valence-electron chi connectivity index (χ0n) is 13.5. The molecule has 0 aliphatic carbocycles. The molecule has 26 heavy (non-hydrogen) atoms. The maximum atomic E-state index is 12.8. The number of hydrogen-bond acceptors (Lipinski definition) is 4. The van der Waals surface area contributed by atoms with E-state index in [-0.39, 0.29) is 10.7 Å². The lowest BCUT2D eigenvalue weighted by Crippen LogP contribution is -2.50. The van der Waals surface area contributed by atoms with Crippen LogP contribution in [0.4, 0.5) is 29.5 Å². The predicted molar refractivity (Wildman–Crippen MR) is 91.3 cm³/mol. The number of amides is 2. The Morgan fingerprint density at radius 3 is 2.50 bits per heavy atom. The first-order valence-corrected chi connectivity index (χ1v) is 8.16. The Kier molecular flexibility index (Phi) is 5.17. The summed E-state index contributed by atoms with van der Waals surface area (Å²) in [5, 5.41) is 2.50. The molecule has 0 atom stereocenters. The van der Waals surface area contributed by atoms with Crippen LogP contribution in [0.25, 0.3) is 0 Å². The lowest BCUT2D eigenvalue weighted by Gasteiger charge is -2.35. The van der Waals surface area contributed by atoms with Crippen molar-refractivity contribution in [1.29, 1.82) is 0 Å². The van der Waals surface area contributed by atoms with Crippen LogP contribution in [0.2, 0.25) is 5.02 Å². The zero-order valence-corrected chi connectivity index (χ0v) is 14.3. The number of nitrogens with one attached hydrogen (secondary N) is 1. The van der Waals surface area contributed by atoms with E-state index in [1.807, 2.05) is 4.90 Å². The fourth-order valence-electron chi connectivity index (χ4n) is 2.58. The number of urea groups is 1. The largest absolute Gasteiger partial charge is 0.416 e. The Balaban J connectivity index is 1.63. The lowest BCUT2D eigenvalue weighted by atomic mass is 10.2. The summed E-state index contributed by atoms with van der Waals surface area (Å²) in [6.07, 6.45) is 0.292. The van der Waals surface area contributed by atoms with Crippen molar-refractivity contribution < 1.29 is 18.0 Å². The summed E-state index contributed by atoms with van der Waals surface area (Å²) >= 11 is 5.91. The number of benzene rings is 1. The Hall–Kier alpha value is -2.55. The third-order valence-electron chi connectivity index (χ3n) is 3.98. The van der Waals surface area contributed by atoms with Crippen LogP contribution in [0.5, 0.6) is 0 Å². The standard InChI is InChI=1S/C16H15ClF3N5O/c17-12-2-1-11(16(18,19)20)9-13(12)23-15(26)25-7-5-24(6-8-25)14-10-21-3-4-22-14/h1-4,9-10H,5-8H2,(H,23,26). The van der Waals surface area contributed by atoms with Gasteiger partial charge in [0.25, 0.3) is 0 Å². The molecule has 2 aromatic rings. The molecular weight excluding hydrogens is 371 g/mol. The van der Waals surface area contributed by atoms with Crippen LogP contribution in [0.3, 0.4) is 0 Å². The number of hydrogen-bond donors (Lipinski definition) is 1. The highest BCUT2D eigenvalue weighted by molar-refractivity contribution is 6.33. The summed E-state index contributed by atoms with van der Waals surface area (Å²) in [7, 11) is 0. The molecule has 0 spiro atoms. The number of carbonyl (C=O) groups excluding carboxylic acids is 1. The molecule has 1 fully saturated rings. The normalized spacial score (nSPS) is 15.1. The van der Waals surface area contributed by atoms with Gasteiger partial charge in [-0.15, -0.1) is 0 Å². The van der Waals surface area contributed by atoms with Gasteiger partial charge in [0.15, 0.2) is 0 Å². The summed E-state index contributed by atoms with van der Waals surface area (Å²) in [6, 6.07) is 2.32. The van der Waals surface area contributed by atoms with Crippen LogP contribution in [0, 0.1) is 0 Å². The number of carbonyl (C=O) groups is 1. The van der Waals surface area contributed by atoms with Crippen molar-refractivity contribution in [2.45, 2.75) is 6.18 Å². The van der Waals surface area contributed by atoms with Gasteiger partial charge in [-0.05, 0) is 18.2 Å². The van der Waals surface area contributed by atoms with E-state index in [4.69, 9.17) is 11.6 Å². The summed E-state index contributed by atoms with van der Waals surface area (Å²) in [5.41, 5.74) is -0.937. The van der Waals surface area contributed by atoms with E-state index in [0.717, 1.165) is 18.2 Å². The second-order valence-corrected chi connectivity index (χ2v) is 6.07. The number of alkyl halides is 3. The van der Waals surface area contributed by atoms with Crippen LogP contribution in [0.15, 0.2) is 36.8 Å². The van der Waals surface area contributed by atoms with Gasteiger partial charge in [0.1, 0.15) is 5.82 Å². The van der Waals surface area contributed by atoms with Crippen molar-refractivity contribution in [2.75, 3.05) is 36.4 Å². The van der Waals surface area contributed by atoms with E-state index in [9.17, 15) is 18.0 Å². The molecular formula is C16H15ClF3N5O. The first-order chi connectivity index (χ1) is 12.3. The highest BCUT2D eigenvalue weighted by Gasteiger charge is 2.31. The van der Waals surface area contributed by atoms with Crippen molar-refractivity contribution >= 4 is 29.1 Å². The smallest absolute Gasteiger partial charge is 0.352 e. The Morgan fingerprint density at radius 2 is 1.88 bits per heavy atom. The fourth-order valence-corrected chi connectivity index (χ4v) is 2.75. The van der Waals surface area contributed by atoms with E-state index >= 15 is 0 Å². The van der Waals surface area contributed by atoms with Crippen LogP contribution in [-0.4, -0.2) is 47.1 Å². The Morgan fingerprint density at radius 1 is 1.15 bits per heavy atom. The Labute approximate surface area is 152 Å². The third kappa shape index (κ3) is 4.16. The molecule has 1 N–H and O–H groups in total. The number of aromatic nitrogens is 2. The molecule has 1 aliphatic rings. The minimum atomic E-state index is -4.51. The first kappa shape index (κ1) is 18.2. The third-order valence-corrected chi connectivity index (χ3v) is 4.31. The van der Waals surface area contributed by atoms with Gasteiger partial charge in [-0.2, -0.15) is 13.2 Å². The van der Waals surface area contributed by atoms with Crippen LogP contribution >= 0.6 is 11.6 Å². The predicted octanol–water partition coefficient (Wildman–Crippen LogP) is 3.50. The zero-order chi connectivity index (χ0) is 18.7. The molecule has 3 rings (SSSR count). The average Bonchev–Trinajstić information content (AvgIpc) is 2.63. The van der Waals surface area contributed by atoms with E-state index < -0.39 is 17.8 Å². The van der Waals surface area contributed by atoms with E-state index in [2.05, 4.69) is 15.3 Å². The highest BCUT2D eigenvalue weighted by Crippen LogP contribution is 2.33. The van der Waals surface area contributed by atoms with Gasteiger partial charge in [-0.25, -0.2) is 9.78 Å². The number of anilines is 2. The summed E-state index contributed by atoms with van der Waals surface area (Å²) in [6.45, 7) is 1.89. The fraction of sp³-hybridized carbons (Fsp3) is 0.312. The van der Waals surface area contributed by atoms with Crippen molar-refractivity contribution in [3.8, 4) is 0 Å². The van der Waals surface area contributed by atoms with Crippen molar-refractivity contribution in [3.05, 3.63) is 47.4 Å². The van der Waals surface area contributed by atoms with Crippen LogP contribution < -0.4 is 10.2 Å². The monoisotopic (exact) mass is 385 g/mol. The molecule has 1 saturated heterocycles. The minimum Gasteiger partial charge on any atom is -0.352 e. The molecule has 1 aromatic carbocycles. The van der Waals surface area contributed by atoms with Crippen LogP contribution in [-0.2, 0) is 6.18 Å². The van der Waals surface area contributed by atoms with Crippen LogP contribution in [0.1, 0.15) is 5.56 Å². The highest BCUT2D eigenvalue weighted by atomic mass is 35.5. The molecule has 138 valence electrons.